The molecule has 0 atom stereocenters. The Labute approximate surface area is 205 Å². The molecule has 0 N–H and O–H groups in total. The van der Waals surface area contributed by atoms with Gasteiger partial charge >= 0.3 is 0 Å². The summed E-state index contributed by atoms with van der Waals surface area (Å²) in [5.41, 5.74) is 8.29. The third-order valence-electron chi connectivity index (χ3n) is 6.64. The van der Waals surface area contributed by atoms with Crippen LogP contribution >= 0.6 is 22.7 Å². The third kappa shape index (κ3) is 2.86. The Morgan fingerprint density at radius 3 is 2.29 bits per heavy atom. The average molecular weight is 473 g/mol. The van der Waals surface area contributed by atoms with Crippen molar-refractivity contribution in [1.82, 2.24) is 9.97 Å². The molecule has 0 spiro atoms. The van der Waals surface area contributed by atoms with Crippen molar-refractivity contribution in [2.75, 3.05) is 0 Å². The highest BCUT2D eigenvalue weighted by Crippen LogP contribution is 2.43. The van der Waals surface area contributed by atoms with Gasteiger partial charge in [-0.25, -0.2) is 0 Å². The smallest absolute Gasteiger partial charge is 0.0895 e. The van der Waals surface area contributed by atoms with Gasteiger partial charge in [-0.3, -0.25) is 9.97 Å². The van der Waals surface area contributed by atoms with E-state index in [1.807, 2.05) is 29.8 Å². The van der Waals surface area contributed by atoms with Gasteiger partial charge in [-0.1, -0.05) is 54.6 Å². The van der Waals surface area contributed by atoms with Crippen LogP contribution < -0.4 is 0 Å². The molecule has 0 radical (unpaired) electrons. The quantitative estimate of drug-likeness (QED) is 0.251. The van der Waals surface area contributed by atoms with E-state index < -0.39 is 0 Å². The van der Waals surface area contributed by atoms with Crippen LogP contribution in [0.15, 0.2) is 85.2 Å². The number of aryl methyl sites for hydroxylation is 2. The van der Waals surface area contributed by atoms with E-state index in [2.05, 4.69) is 80.6 Å². The fraction of sp³-hybridized carbons (Fsp3) is 0.0667. The number of benzene rings is 3. The first kappa shape index (κ1) is 19.8. The molecule has 0 aliphatic rings. The summed E-state index contributed by atoms with van der Waals surface area (Å²) in [4.78, 5) is 9.49. The predicted octanol–water partition coefficient (Wildman–Crippen LogP) is 9.16. The van der Waals surface area contributed by atoms with Gasteiger partial charge in [0.15, 0.2) is 0 Å². The molecular formula is C30H20N2S2. The van der Waals surface area contributed by atoms with Crippen molar-refractivity contribution in [2.45, 2.75) is 13.8 Å². The van der Waals surface area contributed by atoms with Gasteiger partial charge in [0.2, 0.25) is 0 Å². The Balaban J connectivity index is 1.48. The Morgan fingerprint density at radius 2 is 1.41 bits per heavy atom. The molecule has 3 aromatic carbocycles. The molecule has 0 fully saturated rings. The third-order valence-corrected chi connectivity index (χ3v) is 9.28. The van der Waals surface area contributed by atoms with E-state index in [1.54, 1.807) is 11.3 Å². The Bertz CT molecular complexity index is 1890. The van der Waals surface area contributed by atoms with E-state index in [0.29, 0.717) is 0 Å². The number of thiophene rings is 2. The normalized spacial score (nSPS) is 11.8. The Morgan fingerprint density at radius 1 is 0.647 bits per heavy atom. The molecule has 0 saturated heterocycles. The van der Waals surface area contributed by atoms with Crippen molar-refractivity contribution >= 4 is 63.1 Å². The van der Waals surface area contributed by atoms with Crippen LogP contribution in [0.1, 0.15) is 11.3 Å². The van der Waals surface area contributed by atoms with Gasteiger partial charge in [0.05, 0.1) is 20.6 Å². The largest absolute Gasteiger partial charge is 0.259 e. The first-order valence-corrected chi connectivity index (χ1v) is 13.0. The van der Waals surface area contributed by atoms with Crippen molar-refractivity contribution in [3.8, 4) is 22.3 Å². The molecule has 0 saturated carbocycles. The molecule has 7 aromatic rings. The van der Waals surface area contributed by atoms with Crippen molar-refractivity contribution in [3.63, 3.8) is 0 Å². The lowest BCUT2D eigenvalue weighted by Gasteiger charge is -2.09. The molecule has 162 valence electrons. The Kier molecular flexibility index (Phi) is 4.35. The van der Waals surface area contributed by atoms with Crippen molar-refractivity contribution in [1.29, 1.82) is 0 Å². The number of hydrogen-bond donors (Lipinski definition) is 0. The van der Waals surface area contributed by atoms with Crippen LogP contribution in [0.3, 0.4) is 0 Å². The minimum Gasteiger partial charge on any atom is -0.259 e. The van der Waals surface area contributed by atoms with E-state index >= 15 is 0 Å². The molecule has 34 heavy (non-hydrogen) atoms. The highest BCUT2D eigenvalue weighted by atomic mass is 32.1. The fourth-order valence-electron chi connectivity index (χ4n) is 4.98. The van der Waals surface area contributed by atoms with Gasteiger partial charge in [-0.15, -0.1) is 22.7 Å². The lowest BCUT2D eigenvalue weighted by molar-refractivity contribution is 1.24. The van der Waals surface area contributed by atoms with Crippen LogP contribution in [-0.2, 0) is 0 Å². The molecule has 2 nitrogen and oxygen atoms in total. The summed E-state index contributed by atoms with van der Waals surface area (Å²) < 4.78 is 5.15. The monoisotopic (exact) mass is 472 g/mol. The van der Waals surface area contributed by atoms with E-state index in [4.69, 9.17) is 9.97 Å². The standard InChI is InChI=1S/C30H20N2S2/c1-17-7-3-11-22-23-12-5-10-21(30(23)34-28(17)22)19-8-4-9-20(15-19)24-16-32-18(2)29-26(24)27-25(33-29)13-6-14-31-27/h3-16H,1-2H3. The molecule has 7 rings (SSSR count). The second kappa shape index (κ2) is 7.45. The maximum absolute atomic E-state index is 4.75. The summed E-state index contributed by atoms with van der Waals surface area (Å²) in [5.74, 6) is 0. The van der Waals surface area contributed by atoms with Crippen LogP contribution in [-0.4, -0.2) is 9.97 Å². The number of aromatic nitrogens is 2. The maximum atomic E-state index is 4.75. The number of rotatable bonds is 2. The number of hydrogen-bond acceptors (Lipinski definition) is 4. The zero-order valence-corrected chi connectivity index (χ0v) is 20.4. The maximum Gasteiger partial charge on any atom is 0.0895 e. The van der Waals surface area contributed by atoms with Crippen LogP contribution in [0, 0.1) is 13.8 Å². The number of pyridine rings is 2. The molecule has 4 heteroatoms. The predicted molar refractivity (Wildman–Crippen MR) is 148 cm³/mol. The molecule has 4 aromatic heterocycles. The first-order chi connectivity index (χ1) is 16.7. The lowest BCUT2D eigenvalue weighted by Crippen LogP contribution is -1.87. The summed E-state index contributed by atoms with van der Waals surface area (Å²) in [6.07, 6.45) is 3.90. The SMILES string of the molecule is Cc1cccc2c1sc1c(-c3cccc(-c4cnc(C)c5sc6cccnc6c45)c3)cccc12. The molecule has 0 aliphatic carbocycles. The van der Waals surface area contributed by atoms with E-state index in [-0.39, 0.29) is 0 Å². The van der Waals surface area contributed by atoms with Crippen LogP contribution in [0.4, 0.5) is 0 Å². The minimum absolute atomic E-state index is 1.06. The topological polar surface area (TPSA) is 25.8 Å². The molecule has 0 aliphatic heterocycles. The summed E-state index contributed by atoms with van der Waals surface area (Å²) in [6.45, 7) is 4.29. The van der Waals surface area contributed by atoms with Gasteiger partial charge in [-0.2, -0.15) is 0 Å². The second-order valence-corrected chi connectivity index (χ2v) is 10.8. The summed E-state index contributed by atoms with van der Waals surface area (Å²) in [7, 11) is 0. The highest BCUT2D eigenvalue weighted by Gasteiger charge is 2.16. The summed E-state index contributed by atoms with van der Waals surface area (Å²) >= 11 is 3.68. The molecule has 0 bridgehead atoms. The van der Waals surface area contributed by atoms with Crippen LogP contribution in [0.25, 0.3) is 62.7 Å². The fourth-order valence-corrected chi connectivity index (χ4v) is 7.41. The average Bonchev–Trinajstić information content (AvgIpc) is 3.45. The summed E-state index contributed by atoms with van der Waals surface area (Å²) in [6, 6.07) is 26.3. The van der Waals surface area contributed by atoms with E-state index in [0.717, 1.165) is 16.8 Å². The molecule has 4 heterocycles. The zero-order valence-electron chi connectivity index (χ0n) is 18.8. The van der Waals surface area contributed by atoms with Crippen LogP contribution in [0.2, 0.25) is 0 Å². The Hall–Kier alpha value is -3.60. The summed E-state index contributed by atoms with van der Waals surface area (Å²) in [5, 5.41) is 3.89. The van der Waals surface area contributed by atoms with E-state index in [1.165, 1.54) is 57.2 Å². The van der Waals surface area contributed by atoms with Crippen LogP contribution in [0.5, 0.6) is 0 Å². The number of fused-ring (bicyclic) bond motifs is 6. The van der Waals surface area contributed by atoms with Gasteiger partial charge in [0.25, 0.3) is 0 Å². The van der Waals surface area contributed by atoms with Crippen molar-refractivity contribution in [3.05, 3.63) is 96.4 Å². The molecule has 0 unspecified atom stereocenters. The van der Waals surface area contributed by atoms with E-state index in [9.17, 15) is 0 Å². The molecule has 0 amide bonds. The number of nitrogens with zero attached hydrogens (tertiary/aromatic N) is 2. The lowest BCUT2D eigenvalue weighted by atomic mass is 9.96. The van der Waals surface area contributed by atoms with Gasteiger partial charge in [0.1, 0.15) is 0 Å². The first-order valence-electron chi connectivity index (χ1n) is 11.3. The van der Waals surface area contributed by atoms with Crippen molar-refractivity contribution in [2.24, 2.45) is 0 Å². The van der Waals surface area contributed by atoms with Gasteiger partial charge in [0, 0.05) is 43.5 Å². The zero-order chi connectivity index (χ0) is 22.8. The highest BCUT2D eigenvalue weighted by molar-refractivity contribution is 7.26. The van der Waals surface area contributed by atoms with Crippen molar-refractivity contribution < 1.29 is 0 Å². The molecular weight excluding hydrogens is 452 g/mol. The second-order valence-electron chi connectivity index (χ2n) is 8.73. The minimum atomic E-state index is 1.06. The van der Waals surface area contributed by atoms with Gasteiger partial charge in [-0.05, 0) is 54.3 Å². The van der Waals surface area contributed by atoms with Gasteiger partial charge < -0.3 is 0 Å².